The molecule has 0 aromatic heterocycles. The van der Waals surface area contributed by atoms with Gasteiger partial charge in [-0.25, -0.2) is 0 Å². The van der Waals surface area contributed by atoms with Gasteiger partial charge in [-0.2, -0.15) is 13.2 Å². The number of hydrogen-bond donors (Lipinski definition) is 2. The minimum absolute atomic E-state index is 0.222. The van der Waals surface area contributed by atoms with Gasteiger partial charge in [0.2, 0.25) is 0 Å². The van der Waals surface area contributed by atoms with Crippen molar-refractivity contribution in [3.05, 3.63) is 39.4 Å². The molecule has 0 atom stereocenters. The van der Waals surface area contributed by atoms with Crippen LogP contribution in [0.1, 0.15) is 28.8 Å². The van der Waals surface area contributed by atoms with Gasteiger partial charge in [0.15, 0.2) is 0 Å². The number of halogens is 3. The number of carbonyl (C=O) groups excluding carboxylic acids is 1. The summed E-state index contributed by atoms with van der Waals surface area (Å²) in [6.45, 7) is 2.13. The lowest BCUT2D eigenvalue weighted by Gasteiger charge is -2.37. The lowest BCUT2D eigenvalue weighted by atomic mass is 9.79. The molecule has 1 saturated heterocycles. The highest BCUT2D eigenvalue weighted by Crippen LogP contribution is 2.33. The van der Waals surface area contributed by atoms with Gasteiger partial charge >= 0.3 is 6.18 Å². The first-order valence-electron chi connectivity index (χ1n) is 8.02. The number of nitro groups is 1. The van der Waals surface area contributed by atoms with Crippen LogP contribution in [0.15, 0.2) is 18.2 Å². The number of methoxy groups -OCH3 is 1. The highest BCUT2D eigenvalue weighted by atomic mass is 19.4. The molecule has 0 aliphatic carbocycles. The molecule has 2 N–H and O–H groups in total. The molecule has 0 unspecified atom stereocenters. The van der Waals surface area contributed by atoms with Gasteiger partial charge < -0.3 is 15.4 Å². The molecule has 0 bridgehead atoms. The van der Waals surface area contributed by atoms with Gasteiger partial charge in [0, 0.05) is 25.1 Å². The van der Waals surface area contributed by atoms with E-state index in [0.717, 1.165) is 32.0 Å². The second kappa shape index (κ2) is 8.00. The summed E-state index contributed by atoms with van der Waals surface area (Å²) >= 11 is 0. The first-order valence-corrected chi connectivity index (χ1v) is 8.02. The van der Waals surface area contributed by atoms with E-state index in [-0.39, 0.29) is 12.0 Å². The third kappa shape index (κ3) is 4.70. The molecular formula is C16H20F3N3O4. The topological polar surface area (TPSA) is 93.5 Å². The standard InChI is InChI=1S/C16H20F3N3O4/c1-26-10-15(4-6-20-7-5-15)9-21-14(23)12-3-2-11(16(17,18)19)8-13(12)22(24)25/h2-3,8,20H,4-7,9-10H2,1H3,(H,21,23). The van der Waals surface area contributed by atoms with Crippen LogP contribution >= 0.6 is 0 Å². The average Bonchev–Trinajstić information content (AvgIpc) is 2.59. The molecule has 1 amide bonds. The Morgan fingerprint density at radius 1 is 1.38 bits per heavy atom. The minimum Gasteiger partial charge on any atom is -0.384 e. The maximum absolute atomic E-state index is 12.7. The number of nitro benzene ring substituents is 1. The second-order valence-electron chi connectivity index (χ2n) is 6.35. The maximum Gasteiger partial charge on any atom is 0.416 e. The molecule has 1 aliphatic heterocycles. The van der Waals surface area contributed by atoms with E-state index >= 15 is 0 Å². The molecule has 7 nitrogen and oxygen atoms in total. The molecule has 1 aliphatic rings. The van der Waals surface area contributed by atoms with Crippen LogP contribution in [0.5, 0.6) is 0 Å². The quantitative estimate of drug-likeness (QED) is 0.588. The number of carbonyl (C=O) groups is 1. The third-order valence-electron chi connectivity index (χ3n) is 4.51. The number of nitrogens with one attached hydrogen (secondary N) is 2. The molecule has 2 rings (SSSR count). The molecule has 1 heterocycles. The van der Waals surface area contributed by atoms with Crippen molar-refractivity contribution in [1.29, 1.82) is 0 Å². The molecule has 1 aromatic rings. The van der Waals surface area contributed by atoms with E-state index in [1.807, 2.05) is 0 Å². The van der Waals surface area contributed by atoms with Crippen molar-refractivity contribution >= 4 is 11.6 Å². The molecule has 0 radical (unpaired) electrons. The molecule has 26 heavy (non-hydrogen) atoms. The zero-order valence-electron chi connectivity index (χ0n) is 14.2. The van der Waals surface area contributed by atoms with Gasteiger partial charge in [0.05, 0.1) is 17.1 Å². The molecule has 1 fully saturated rings. The number of alkyl halides is 3. The monoisotopic (exact) mass is 375 g/mol. The smallest absolute Gasteiger partial charge is 0.384 e. The Morgan fingerprint density at radius 2 is 2.04 bits per heavy atom. The van der Waals surface area contributed by atoms with Gasteiger partial charge in [-0.1, -0.05) is 0 Å². The lowest BCUT2D eigenvalue weighted by Crippen LogP contribution is -2.47. The van der Waals surface area contributed by atoms with E-state index in [1.165, 1.54) is 0 Å². The number of nitrogens with zero attached hydrogens (tertiary/aromatic N) is 1. The number of benzene rings is 1. The van der Waals surface area contributed by atoms with E-state index in [0.29, 0.717) is 18.7 Å². The van der Waals surface area contributed by atoms with Crippen molar-refractivity contribution in [3.8, 4) is 0 Å². The molecule has 1 aromatic carbocycles. The summed E-state index contributed by atoms with van der Waals surface area (Å²) in [5.41, 5.74) is -2.75. The zero-order valence-corrected chi connectivity index (χ0v) is 14.2. The third-order valence-corrected chi connectivity index (χ3v) is 4.51. The van der Waals surface area contributed by atoms with Crippen molar-refractivity contribution in [2.75, 3.05) is 33.4 Å². The van der Waals surface area contributed by atoms with Gasteiger partial charge in [-0.15, -0.1) is 0 Å². The van der Waals surface area contributed by atoms with Crippen LogP contribution in [0.25, 0.3) is 0 Å². The fourth-order valence-electron chi connectivity index (χ4n) is 3.05. The normalized spacial score (nSPS) is 16.9. The average molecular weight is 375 g/mol. The number of ether oxygens (including phenoxy) is 1. The number of piperidine rings is 1. The van der Waals surface area contributed by atoms with Gasteiger partial charge in [0.1, 0.15) is 5.56 Å². The highest BCUT2D eigenvalue weighted by Gasteiger charge is 2.35. The Labute approximate surface area is 148 Å². The molecule has 0 spiro atoms. The number of hydrogen-bond acceptors (Lipinski definition) is 5. The molecule has 144 valence electrons. The minimum atomic E-state index is -4.72. The Kier molecular flexibility index (Phi) is 6.19. The summed E-state index contributed by atoms with van der Waals surface area (Å²) in [5, 5.41) is 16.9. The van der Waals surface area contributed by atoms with Gasteiger partial charge in [-0.3, -0.25) is 14.9 Å². The first kappa shape index (κ1) is 20.1. The van der Waals surface area contributed by atoms with Crippen molar-refractivity contribution < 1.29 is 27.6 Å². The van der Waals surface area contributed by atoms with Crippen LogP contribution in [0, 0.1) is 15.5 Å². The van der Waals surface area contributed by atoms with Crippen LogP contribution < -0.4 is 10.6 Å². The van der Waals surface area contributed by atoms with E-state index in [2.05, 4.69) is 10.6 Å². The van der Waals surface area contributed by atoms with Crippen molar-refractivity contribution in [2.24, 2.45) is 5.41 Å². The number of amides is 1. The SMILES string of the molecule is COCC1(CNC(=O)c2ccc(C(F)(F)F)cc2[N+](=O)[O-])CCNCC1. The predicted octanol–water partition coefficient (Wildman–Crippen LogP) is 2.36. The van der Waals surface area contributed by atoms with E-state index in [4.69, 9.17) is 4.74 Å². The van der Waals surface area contributed by atoms with Gasteiger partial charge in [-0.05, 0) is 38.1 Å². The van der Waals surface area contributed by atoms with E-state index < -0.39 is 33.8 Å². The fraction of sp³-hybridized carbons (Fsp3) is 0.562. The van der Waals surface area contributed by atoms with Crippen molar-refractivity contribution in [2.45, 2.75) is 19.0 Å². The highest BCUT2D eigenvalue weighted by molar-refractivity contribution is 5.98. The summed E-state index contributed by atoms with van der Waals surface area (Å²) < 4.78 is 43.5. The Balaban J connectivity index is 2.19. The first-order chi connectivity index (χ1) is 12.2. The van der Waals surface area contributed by atoms with Crippen molar-refractivity contribution in [1.82, 2.24) is 10.6 Å². The Hall–Kier alpha value is -2.20. The van der Waals surface area contributed by atoms with Gasteiger partial charge in [0.25, 0.3) is 11.6 Å². The zero-order chi connectivity index (χ0) is 19.4. The van der Waals surface area contributed by atoms with Crippen LogP contribution in [0.4, 0.5) is 18.9 Å². The second-order valence-corrected chi connectivity index (χ2v) is 6.35. The van der Waals surface area contributed by atoms with Crippen LogP contribution in [-0.2, 0) is 10.9 Å². The summed E-state index contributed by atoms with van der Waals surface area (Å²) in [7, 11) is 1.55. The summed E-state index contributed by atoms with van der Waals surface area (Å²) in [4.78, 5) is 22.5. The van der Waals surface area contributed by atoms with Crippen molar-refractivity contribution in [3.63, 3.8) is 0 Å². The predicted molar refractivity (Wildman–Crippen MR) is 86.8 cm³/mol. The Bertz CT molecular complexity index is 668. The largest absolute Gasteiger partial charge is 0.416 e. The summed E-state index contributed by atoms with van der Waals surface area (Å²) in [6.07, 6.45) is -3.23. The molecule has 0 saturated carbocycles. The summed E-state index contributed by atoms with van der Waals surface area (Å²) in [5.74, 6) is -0.778. The summed E-state index contributed by atoms with van der Waals surface area (Å²) in [6, 6.07) is 1.88. The molecular weight excluding hydrogens is 355 g/mol. The van der Waals surface area contributed by atoms with Crippen LogP contribution in [-0.4, -0.2) is 44.2 Å². The van der Waals surface area contributed by atoms with Crippen LogP contribution in [0.2, 0.25) is 0 Å². The number of rotatable bonds is 6. The van der Waals surface area contributed by atoms with E-state index in [1.54, 1.807) is 7.11 Å². The lowest BCUT2D eigenvalue weighted by molar-refractivity contribution is -0.385. The molecule has 10 heteroatoms. The van der Waals surface area contributed by atoms with E-state index in [9.17, 15) is 28.1 Å². The maximum atomic E-state index is 12.7. The van der Waals surface area contributed by atoms with Crippen LogP contribution in [0.3, 0.4) is 0 Å². The Morgan fingerprint density at radius 3 is 2.58 bits per heavy atom. The fourth-order valence-corrected chi connectivity index (χ4v) is 3.05.